The molecule has 0 aromatic heterocycles. The van der Waals surface area contributed by atoms with Crippen LogP contribution in [0.2, 0.25) is 0 Å². The average molecular weight is 359 g/mol. The lowest BCUT2D eigenvalue weighted by Crippen LogP contribution is -2.49. The van der Waals surface area contributed by atoms with Gasteiger partial charge >= 0.3 is 0 Å². The zero-order valence-corrected chi connectivity index (χ0v) is 13.7. The first-order valence-electron chi connectivity index (χ1n) is 7.04. The van der Waals surface area contributed by atoms with Crippen molar-refractivity contribution in [3.63, 3.8) is 0 Å². The molecule has 1 heterocycles. The Morgan fingerprint density at radius 2 is 1.65 bits per heavy atom. The molecule has 0 unspecified atom stereocenters. The summed E-state index contributed by atoms with van der Waals surface area (Å²) in [5, 5.41) is 0. The van der Waals surface area contributed by atoms with Crippen molar-refractivity contribution in [1.82, 2.24) is 9.21 Å². The molecular formula is C14H19BrN2O2S. The van der Waals surface area contributed by atoms with E-state index < -0.39 is 10.0 Å². The Balaban J connectivity index is 1.65. The minimum absolute atomic E-state index is 0.386. The third kappa shape index (κ3) is 3.24. The molecule has 0 spiro atoms. The van der Waals surface area contributed by atoms with E-state index in [2.05, 4.69) is 20.8 Å². The normalized spacial score (nSPS) is 22.1. The molecule has 0 amide bonds. The Hall–Kier alpha value is -0.430. The van der Waals surface area contributed by atoms with Crippen LogP contribution in [0.3, 0.4) is 0 Å². The highest BCUT2D eigenvalue weighted by Gasteiger charge is 2.31. The van der Waals surface area contributed by atoms with E-state index in [0.717, 1.165) is 30.0 Å². The fourth-order valence-corrected chi connectivity index (χ4v) is 4.26. The summed E-state index contributed by atoms with van der Waals surface area (Å²) in [6.07, 6.45) is 2.69. The van der Waals surface area contributed by atoms with E-state index in [9.17, 15) is 8.42 Å². The van der Waals surface area contributed by atoms with Crippen LogP contribution in [0, 0.1) is 5.92 Å². The number of piperazine rings is 1. The van der Waals surface area contributed by atoms with Crippen LogP contribution in [0.5, 0.6) is 0 Å². The summed E-state index contributed by atoms with van der Waals surface area (Å²) in [5.74, 6) is 0.865. The van der Waals surface area contributed by atoms with Crippen molar-refractivity contribution in [2.45, 2.75) is 17.7 Å². The fraction of sp³-hybridized carbons (Fsp3) is 0.571. The van der Waals surface area contributed by atoms with Gasteiger partial charge in [-0.25, -0.2) is 8.42 Å². The molecule has 0 N–H and O–H groups in total. The minimum atomic E-state index is -3.33. The summed E-state index contributed by atoms with van der Waals surface area (Å²) in [6.45, 7) is 4.06. The Labute approximate surface area is 128 Å². The largest absolute Gasteiger partial charge is 0.300 e. The Kier molecular flexibility index (Phi) is 4.17. The third-order valence-electron chi connectivity index (χ3n) is 4.00. The van der Waals surface area contributed by atoms with Crippen molar-refractivity contribution in [2.75, 3.05) is 32.7 Å². The highest BCUT2D eigenvalue weighted by atomic mass is 79.9. The highest BCUT2D eigenvalue weighted by molar-refractivity contribution is 9.10. The summed E-state index contributed by atoms with van der Waals surface area (Å²) in [6, 6.07) is 6.87. The number of halogens is 1. The minimum Gasteiger partial charge on any atom is -0.300 e. The Morgan fingerprint density at radius 1 is 1.05 bits per heavy atom. The molecule has 1 aliphatic heterocycles. The molecule has 0 bridgehead atoms. The van der Waals surface area contributed by atoms with Gasteiger partial charge in [0.2, 0.25) is 10.0 Å². The van der Waals surface area contributed by atoms with Crippen molar-refractivity contribution in [3.8, 4) is 0 Å². The molecule has 0 radical (unpaired) electrons. The topological polar surface area (TPSA) is 40.6 Å². The molecule has 0 atom stereocenters. The van der Waals surface area contributed by atoms with Crippen molar-refractivity contribution >= 4 is 26.0 Å². The molecule has 3 rings (SSSR count). The van der Waals surface area contributed by atoms with Gasteiger partial charge in [0.1, 0.15) is 0 Å². The second-order valence-corrected chi connectivity index (χ2v) is 8.46. The van der Waals surface area contributed by atoms with Crippen LogP contribution in [-0.4, -0.2) is 50.3 Å². The standard InChI is InChI=1S/C14H19BrN2O2S/c15-13-3-5-14(6-4-13)20(18,19)17-9-7-16(8-10-17)11-12-1-2-12/h3-6,12H,1-2,7-11H2. The third-order valence-corrected chi connectivity index (χ3v) is 6.44. The lowest BCUT2D eigenvalue weighted by atomic mass is 10.3. The quantitative estimate of drug-likeness (QED) is 0.827. The Morgan fingerprint density at radius 3 is 2.20 bits per heavy atom. The van der Waals surface area contributed by atoms with Crippen LogP contribution in [0.25, 0.3) is 0 Å². The van der Waals surface area contributed by atoms with Gasteiger partial charge in [-0.1, -0.05) is 15.9 Å². The van der Waals surface area contributed by atoms with E-state index in [1.54, 1.807) is 28.6 Å². The van der Waals surface area contributed by atoms with E-state index in [1.165, 1.54) is 12.8 Å². The molecule has 2 fully saturated rings. The van der Waals surface area contributed by atoms with Crippen LogP contribution in [0.4, 0.5) is 0 Å². The van der Waals surface area contributed by atoms with E-state index >= 15 is 0 Å². The maximum Gasteiger partial charge on any atom is 0.243 e. The number of benzene rings is 1. The first-order chi connectivity index (χ1) is 9.55. The van der Waals surface area contributed by atoms with Gasteiger partial charge in [-0.2, -0.15) is 4.31 Å². The first kappa shape index (κ1) is 14.5. The second-order valence-electron chi connectivity index (χ2n) is 5.60. The predicted molar refractivity (Wildman–Crippen MR) is 82.1 cm³/mol. The molecule has 1 aliphatic carbocycles. The SMILES string of the molecule is O=S(=O)(c1ccc(Br)cc1)N1CCN(CC2CC2)CC1. The van der Waals surface area contributed by atoms with Gasteiger partial charge in [0.05, 0.1) is 4.90 Å². The lowest BCUT2D eigenvalue weighted by Gasteiger charge is -2.34. The van der Waals surface area contributed by atoms with E-state index in [-0.39, 0.29) is 0 Å². The maximum atomic E-state index is 12.5. The Bertz CT molecular complexity index is 561. The van der Waals surface area contributed by atoms with E-state index in [4.69, 9.17) is 0 Å². The molecular weight excluding hydrogens is 340 g/mol. The number of hydrogen-bond donors (Lipinski definition) is 0. The number of nitrogens with zero attached hydrogens (tertiary/aromatic N) is 2. The molecule has 6 heteroatoms. The molecule has 1 aromatic carbocycles. The van der Waals surface area contributed by atoms with Gasteiger partial charge in [0.25, 0.3) is 0 Å². The molecule has 2 aliphatic rings. The number of hydrogen-bond acceptors (Lipinski definition) is 3. The van der Waals surface area contributed by atoms with Crippen molar-refractivity contribution < 1.29 is 8.42 Å². The summed E-state index contributed by atoms with van der Waals surface area (Å²) in [4.78, 5) is 2.78. The predicted octanol–water partition coefficient (Wildman–Crippen LogP) is 2.17. The van der Waals surface area contributed by atoms with Crippen LogP contribution < -0.4 is 0 Å². The second kappa shape index (κ2) is 5.75. The van der Waals surface area contributed by atoms with Gasteiger partial charge < -0.3 is 4.90 Å². The number of rotatable bonds is 4. The van der Waals surface area contributed by atoms with Gasteiger partial charge in [0.15, 0.2) is 0 Å². The van der Waals surface area contributed by atoms with Crippen molar-refractivity contribution in [2.24, 2.45) is 5.92 Å². The van der Waals surface area contributed by atoms with Gasteiger partial charge in [-0.05, 0) is 43.0 Å². The maximum absolute atomic E-state index is 12.5. The van der Waals surface area contributed by atoms with Crippen LogP contribution in [0.15, 0.2) is 33.6 Å². The summed E-state index contributed by atoms with van der Waals surface area (Å²) < 4.78 is 27.6. The molecule has 110 valence electrons. The molecule has 20 heavy (non-hydrogen) atoms. The van der Waals surface area contributed by atoms with Crippen LogP contribution >= 0.6 is 15.9 Å². The zero-order chi connectivity index (χ0) is 14.2. The van der Waals surface area contributed by atoms with Gasteiger partial charge in [-0.3, -0.25) is 0 Å². The van der Waals surface area contributed by atoms with E-state index in [1.807, 2.05) is 0 Å². The van der Waals surface area contributed by atoms with Crippen molar-refractivity contribution in [1.29, 1.82) is 0 Å². The molecule has 4 nitrogen and oxygen atoms in total. The summed E-state index contributed by atoms with van der Waals surface area (Å²) in [7, 11) is -3.33. The highest BCUT2D eigenvalue weighted by Crippen LogP contribution is 2.30. The molecule has 1 saturated heterocycles. The average Bonchev–Trinajstić information content (AvgIpc) is 3.24. The van der Waals surface area contributed by atoms with Gasteiger partial charge in [0, 0.05) is 37.2 Å². The monoisotopic (exact) mass is 358 g/mol. The lowest BCUT2D eigenvalue weighted by molar-refractivity contribution is 0.182. The van der Waals surface area contributed by atoms with Crippen LogP contribution in [-0.2, 0) is 10.0 Å². The van der Waals surface area contributed by atoms with Gasteiger partial charge in [-0.15, -0.1) is 0 Å². The summed E-state index contributed by atoms with van der Waals surface area (Å²) in [5.41, 5.74) is 0. The smallest absolute Gasteiger partial charge is 0.243 e. The van der Waals surface area contributed by atoms with Crippen molar-refractivity contribution in [3.05, 3.63) is 28.7 Å². The van der Waals surface area contributed by atoms with E-state index in [0.29, 0.717) is 18.0 Å². The number of sulfonamides is 1. The molecule has 1 aromatic rings. The summed E-state index contributed by atoms with van der Waals surface area (Å²) >= 11 is 3.33. The zero-order valence-electron chi connectivity index (χ0n) is 11.3. The van der Waals surface area contributed by atoms with Crippen LogP contribution in [0.1, 0.15) is 12.8 Å². The first-order valence-corrected chi connectivity index (χ1v) is 9.27. The fourth-order valence-electron chi connectivity index (χ4n) is 2.57. The molecule has 1 saturated carbocycles.